The number of terminal acetylenes is 2. The van der Waals surface area contributed by atoms with Gasteiger partial charge in [0.2, 0.25) is 0 Å². The molecule has 54 valence electrons. The molecule has 0 aromatic heterocycles. The van der Waals surface area contributed by atoms with Crippen LogP contribution in [0.25, 0.3) is 0 Å². The van der Waals surface area contributed by atoms with E-state index < -0.39 is 0 Å². The minimum atomic E-state index is 0. The number of hydrogen-bond acceptors (Lipinski definition) is 2. The van der Waals surface area contributed by atoms with Gasteiger partial charge in [-0.1, -0.05) is 0 Å². The summed E-state index contributed by atoms with van der Waals surface area (Å²) in [5.74, 6) is 4.50. The van der Waals surface area contributed by atoms with Crippen molar-refractivity contribution >= 4 is 132 Å². The van der Waals surface area contributed by atoms with E-state index in [0.717, 1.165) is 0 Å². The molecule has 7 heteroatoms. The van der Waals surface area contributed by atoms with Crippen molar-refractivity contribution in [1.29, 1.82) is 0 Å². The molecule has 0 rings (SSSR count). The van der Waals surface area contributed by atoms with Gasteiger partial charge in [-0.2, -0.15) is 9.59 Å². The predicted molar refractivity (Wildman–Crippen MR) is 58.1 cm³/mol. The van der Waals surface area contributed by atoms with E-state index in [1.807, 2.05) is 0 Å². The third-order valence-electron chi connectivity index (χ3n) is 0. The fraction of sp³-hybridized carbons (Fsp3) is 0.286. The van der Waals surface area contributed by atoms with Crippen LogP contribution >= 0.6 is 0 Å². The van der Waals surface area contributed by atoms with Crippen LogP contribution in [0.5, 0.6) is 0 Å². The third kappa shape index (κ3) is 131. The number of hydrogen-bond donors (Lipinski definition) is 0. The van der Waals surface area contributed by atoms with Crippen LogP contribution in [-0.4, -0.2) is 132 Å². The van der Waals surface area contributed by atoms with Crippen molar-refractivity contribution < 1.29 is 62.4 Å². The normalized spacial score (nSPS) is 2.86. The van der Waals surface area contributed by atoms with E-state index >= 15 is 0 Å². The van der Waals surface area contributed by atoms with Crippen LogP contribution in [0.3, 0.4) is 0 Å². The van der Waals surface area contributed by atoms with Crippen molar-refractivity contribution in [1.82, 2.24) is 0 Å². The Balaban J connectivity index is -0.0000000105. The Morgan fingerprint density at radius 2 is 0.929 bits per heavy atom. The Morgan fingerprint density at radius 3 is 0.929 bits per heavy atom. The van der Waals surface area contributed by atoms with Gasteiger partial charge in [-0.3, -0.25) is 0 Å². The third-order valence-corrected chi connectivity index (χ3v) is 0. The molecule has 0 radical (unpaired) electrons. The van der Waals surface area contributed by atoms with Crippen LogP contribution < -0.4 is 51.4 Å². The van der Waals surface area contributed by atoms with Crippen molar-refractivity contribution in [2.45, 2.75) is 13.8 Å². The topological polar surface area (TPSA) is 34.1 Å². The van der Waals surface area contributed by atoms with Gasteiger partial charge >= 0.3 is 184 Å². The van der Waals surface area contributed by atoms with Crippen LogP contribution in [0.2, 0.25) is 0 Å². The molecule has 0 aromatic carbocycles. The van der Waals surface area contributed by atoms with E-state index in [1.54, 1.807) is 13.8 Å². The van der Waals surface area contributed by atoms with Crippen molar-refractivity contribution in [3.8, 4) is 24.7 Å². The summed E-state index contributed by atoms with van der Waals surface area (Å²) in [7, 11) is 0. The van der Waals surface area contributed by atoms with Gasteiger partial charge in [0, 0.05) is 0 Å². The van der Waals surface area contributed by atoms with Crippen molar-refractivity contribution in [3.05, 3.63) is 0 Å². The maximum atomic E-state index is 8.12. The van der Waals surface area contributed by atoms with Crippen molar-refractivity contribution in [3.63, 3.8) is 0 Å². The Kier molecular flexibility index (Phi) is 195. The Labute approximate surface area is 222 Å². The molecule has 0 atom stereocenters. The van der Waals surface area contributed by atoms with Crippen LogP contribution in [-0.2, 0) is 9.59 Å². The molecule has 0 aromatic rings. The SMILES string of the molecule is C#CC.C#CC.O=C=O.[H-].[K+].[K][K].[K][K]. The molecule has 0 fully saturated rings. The molecule has 0 amide bonds. The van der Waals surface area contributed by atoms with Gasteiger partial charge in [0.05, 0.1) is 0 Å². The zero-order chi connectivity index (χ0) is 12.1. The average molecular weight is 321 g/mol. The summed E-state index contributed by atoms with van der Waals surface area (Å²) >= 11 is 5.00. The minimum absolute atomic E-state index is 0. The zero-order valence-electron chi connectivity index (χ0n) is 11.5. The molecule has 0 unspecified atom stereocenters. The van der Waals surface area contributed by atoms with Crippen LogP contribution in [0, 0.1) is 24.7 Å². The monoisotopic (exact) mass is 320 g/mol. The first-order valence-corrected chi connectivity index (χ1v) is 36.0. The Hall–Kier alpha value is 6.68. The molecule has 14 heavy (non-hydrogen) atoms. The van der Waals surface area contributed by atoms with Gasteiger partial charge < -0.3 is 1.43 Å². The van der Waals surface area contributed by atoms with Crippen molar-refractivity contribution in [2.75, 3.05) is 0 Å². The second-order valence-corrected chi connectivity index (χ2v) is 0.661. The molecule has 0 saturated heterocycles. The second kappa shape index (κ2) is 73.3. The molecule has 0 heterocycles. The molecule has 0 aliphatic rings. The fourth-order valence-corrected chi connectivity index (χ4v) is 0. The standard InChI is InChI=1S/2C3H4.CO2.5K.H/c2*1-3-2;2-1-3;;;;;;/h2*1H,2H3;;;;;;;/q;;;;;;;+1;-1. The molecular weight excluding hydrogens is 312 g/mol. The molecule has 0 N–H and O–H groups in total. The summed E-state index contributed by atoms with van der Waals surface area (Å²) in [5, 5.41) is 0. The second-order valence-electron chi connectivity index (χ2n) is 0.661. The first-order valence-electron chi connectivity index (χ1n) is 3.99. The van der Waals surface area contributed by atoms with Crippen LogP contribution in [0.1, 0.15) is 15.3 Å². The average Bonchev–Trinajstić information content (AvgIpc) is 2.14. The molecule has 0 aliphatic carbocycles. The van der Waals surface area contributed by atoms with E-state index in [1.165, 1.54) is 126 Å². The summed E-state index contributed by atoms with van der Waals surface area (Å²) < 4.78 is 0. The Bertz CT molecular complexity index is 134. The van der Waals surface area contributed by atoms with Gasteiger partial charge in [-0.15, -0.1) is 24.7 Å². The molecule has 0 saturated carbocycles. The van der Waals surface area contributed by atoms with Gasteiger partial charge in [-0.05, 0) is 13.8 Å². The summed E-state index contributed by atoms with van der Waals surface area (Å²) in [4.78, 5) is 16.2. The molecule has 0 aliphatic heterocycles. The van der Waals surface area contributed by atoms with Crippen molar-refractivity contribution in [2.24, 2.45) is 0 Å². The quantitative estimate of drug-likeness (QED) is 0.340. The van der Waals surface area contributed by atoms with E-state index in [9.17, 15) is 0 Å². The molecule has 0 bridgehead atoms. The molecule has 2 nitrogen and oxygen atoms in total. The van der Waals surface area contributed by atoms with E-state index in [2.05, 4.69) is 24.7 Å². The first-order chi connectivity index (χ1) is 6.24. The fourth-order valence-electron chi connectivity index (χ4n) is 0. The summed E-state index contributed by atoms with van der Waals surface area (Å²) in [6.45, 7) is 3.31. The Morgan fingerprint density at radius 1 is 0.929 bits per heavy atom. The number of carbonyl (C=O) groups excluding carboxylic acids is 2. The zero-order valence-corrected chi connectivity index (χ0v) is 26.1. The summed E-state index contributed by atoms with van der Waals surface area (Å²) in [5.41, 5.74) is 0. The van der Waals surface area contributed by atoms with Gasteiger partial charge in [0.15, 0.2) is 0 Å². The van der Waals surface area contributed by atoms with Crippen LogP contribution in [0.4, 0.5) is 0 Å². The van der Waals surface area contributed by atoms with Gasteiger partial charge in [-0.25, -0.2) is 0 Å². The summed E-state index contributed by atoms with van der Waals surface area (Å²) in [6, 6.07) is 0. The number of rotatable bonds is 0. The van der Waals surface area contributed by atoms with Gasteiger partial charge in [0.25, 0.3) is 0 Å². The van der Waals surface area contributed by atoms with Gasteiger partial charge in [0.1, 0.15) is 0 Å². The molecular formula is C7H9K5O2. The summed E-state index contributed by atoms with van der Waals surface area (Å²) in [6.07, 6.45) is 9.44. The van der Waals surface area contributed by atoms with Crippen LogP contribution in [0.15, 0.2) is 0 Å². The van der Waals surface area contributed by atoms with E-state index in [-0.39, 0.29) is 59.0 Å². The predicted octanol–water partition coefficient (Wildman–Crippen LogP) is -3.71. The first kappa shape index (κ1) is 37.2. The molecule has 0 spiro atoms. The van der Waals surface area contributed by atoms with E-state index in [0.29, 0.717) is 0 Å². The maximum absolute atomic E-state index is 8.12. The van der Waals surface area contributed by atoms with E-state index in [4.69, 9.17) is 9.59 Å².